The Hall–Kier alpha value is -2.53. The molecule has 132 valence electrons. The third-order valence-electron chi connectivity index (χ3n) is 4.18. The molecule has 0 saturated carbocycles. The van der Waals surface area contributed by atoms with Crippen molar-refractivity contribution in [2.75, 3.05) is 25.6 Å². The Morgan fingerprint density at radius 2 is 2.08 bits per heavy atom. The maximum atomic E-state index is 12.7. The van der Waals surface area contributed by atoms with Crippen LogP contribution in [0.25, 0.3) is 0 Å². The molecule has 0 radical (unpaired) electrons. The number of para-hydroxylation sites is 1. The van der Waals surface area contributed by atoms with Crippen LogP contribution in [0.4, 0.5) is 5.69 Å². The minimum absolute atomic E-state index is 0.105. The highest BCUT2D eigenvalue weighted by Crippen LogP contribution is 2.27. The fourth-order valence-electron chi connectivity index (χ4n) is 2.85. The summed E-state index contributed by atoms with van der Waals surface area (Å²) in [6, 6.07) is 12.9. The molecule has 2 aromatic rings. The summed E-state index contributed by atoms with van der Waals surface area (Å²) >= 11 is 0. The number of nitrogens with one attached hydrogen (secondary N) is 1. The summed E-state index contributed by atoms with van der Waals surface area (Å²) in [5, 5.41) is 2.91. The second-order valence-corrected chi connectivity index (χ2v) is 6.10. The van der Waals surface area contributed by atoms with Gasteiger partial charge in [0.25, 0.3) is 5.91 Å². The lowest BCUT2D eigenvalue weighted by molar-refractivity contribution is 0.0673. The minimum atomic E-state index is -0.230. The fourth-order valence-corrected chi connectivity index (χ4v) is 2.85. The van der Waals surface area contributed by atoms with Crippen molar-refractivity contribution in [2.24, 2.45) is 0 Å². The number of carbonyl (C=O) groups excluding carboxylic acids is 1. The average molecular weight is 341 g/mol. The van der Waals surface area contributed by atoms with E-state index in [1.165, 1.54) is 0 Å². The van der Waals surface area contributed by atoms with Crippen LogP contribution in [0.15, 0.2) is 42.5 Å². The molecule has 1 atom stereocenters. The van der Waals surface area contributed by atoms with Crippen molar-refractivity contribution >= 4 is 11.6 Å². The van der Waals surface area contributed by atoms with E-state index in [2.05, 4.69) is 5.32 Å². The van der Waals surface area contributed by atoms with Gasteiger partial charge in [-0.1, -0.05) is 18.2 Å². The van der Waals surface area contributed by atoms with Crippen molar-refractivity contribution in [1.29, 1.82) is 0 Å². The van der Waals surface area contributed by atoms with E-state index in [0.29, 0.717) is 29.4 Å². The molecule has 1 saturated heterocycles. The summed E-state index contributed by atoms with van der Waals surface area (Å²) in [6.45, 7) is 3.20. The molecule has 0 aliphatic carbocycles. The fraction of sp³-hybridized carbons (Fsp3) is 0.350. The molecule has 25 heavy (non-hydrogen) atoms. The topological polar surface area (TPSA) is 56.8 Å². The van der Waals surface area contributed by atoms with Gasteiger partial charge in [0.1, 0.15) is 18.1 Å². The van der Waals surface area contributed by atoms with Gasteiger partial charge < -0.3 is 19.5 Å². The van der Waals surface area contributed by atoms with Crippen LogP contribution >= 0.6 is 0 Å². The standard InChI is InChI=1S/C20H23NO4/c1-14-9-10-19(23-2)17(12-14)21-20(22)16-7-3-4-8-18(16)25-13-15-6-5-11-24-15/h3-4,7-10,12,15H,5-6,11,13H2,1-2H3,(H,21,22). The number of amides is 1. The van der Waals surface area contributed by atoms with Crippen molar-refractivity contribution in [3.63, 3.8) is 0 Å². The van der Waals surface area contributed by atoms with Crippen molar-refractivity contribution < 1.29 is 19.0 Å². The van der Waals surface area contributed by atoms with Crippen molar-refractivity contribution in [3.05, 3.63) is 53.6 Å². The number of aryl methyl sites for hydroxylation is 1. The van der Waals surface area contributed by atoms with E-state index < -0.39 is 0 Å². The first-order valence-corrected chi connectivity index (χ1v) is 8.47. The number of ether oxygens (including phenoxy) is 3. The van der Waals surface area contributed by atoms with Crippen LogP contribution in [0.3, 0.4) is 0 Å². The summed E-state index contributed by atoms with van der Waals surface area (Å²) in [7, 11) is 1.58. The molecule has 3 rings (SSSR count). The molecule has 1 unspecified atom stereocenters. The van der Waals surface area contributed by atoms with Crippen LogP contribution < -0.4 is 14.8 Å². The van der Waals surface area contributed by atoms with Crippen LogP contribution in [0.5, 0.6) is 11.5 Å². The van der Waals surface area contributed by atoms with Gasteiger partial charge in [0.05, 0.1) is 24.5 Å². The lowest BCUT2D eigenvalue weighted by Crippen LogP contribution is -2.19. The number of rotatable bonds is 6. The third-order valence-corrected chi connectivity index (χ3v) is 4.18. The van der Waals surface area contributed by atoms with Crippen LogP contribution in [0, 0.1) is 6.92 Å². The Morgan fingerprint density at radius 3 is 2.84 bits per heavy atom. The van der Waals surface area contributed by atoms with Crippen LogP contribution in [-0.2, 0) is 4.74 Å². The molecule has 0 aromatic heterocycles. The Bertz CT molecular complexity index is 738. The molecule has 0 spiro atoms. The zero-order chi connectivity index (χ0) is 17.6. The normalized spacial score (nSPS) is 16.5. The monoisotopic (exact) mass is 341 g/mol. The number of hydrogen-bond acceptors (Lipinski definition) is 4. The summed E-state index contributed by atoms with van der Waals surface area (Å²) in [5.74, 6) is 0.950. The lowest BCUT2D eigenvalue weighted by atomic mass is 10.1. The molecule has 2 aromatic carbocycles. The Morgan fingerprint density at radius 1 is 1.24 bits per heavy atom. The van der Waals surface area contributed by atoms with Gasteiger partial charge in [0.15, 0.2) is 0 Å². The quantitative estimate of drug-likeness (QED) is 0.868. The summed E-state index contributed by atoms with van der Waals surface area (Å²) in [6.07, 6.45) is 2.16. The minimum Gasteiger partial charge on any atom is -0.495 e. The number of benzene rings is 2. The van der Waals surface area contributed by atoms with Crippen LogP contribution in [0.1, 0.15) is 28.8 Å². The second-order valence-electron chi connectivity index (χ2n) is 6.10. The van der Waals surface area contributed by atoms with Gasteiger partial charge in [-0.15, -0.1) is 0 Å². The highest BCUT2D eigenvalue weighted by molar-refractivity contribution is 6.06. The zero-order valence-electron chi connectivity index (χ0n) is 14.6. The predicted octanol–water partition coefficient (Wildman–Crippen LogP) is 3.81. The van der Waals surface area contributed by atoms with E-state index in [1.54, 1.807) is 19.2 Å². The Labute approximate surface area is 147 Å². The summed E-state index contributed by atoms with van der Waals surface area (Å²) < 4.78 is 16.7. The van der Waals surface area contributed by atoms with Gasteiger partial charge in [0.2, 0.25) is 0 Å². The lowest BCUT2D eigenvalue weighted by Gasteiger charge is -2.15. The van der Waals surface area contributed by atoms with Gasteiger partial charge in [-0.3, -0.25) is 4.79 Å². The van der Waals surface area contributed by atoms with E-state index in [0.717, 1.165) is 25.0 Å². The first kappa shape index (κ1) is 17.3. The van der Waals surface area contributed by atoms with Gasteiger partial charge >= 0.3 is 0 Å². The van der Waals surface area contributed by atoms with E-state index in [1.807, 2.05) is 37.3 Å². The Balaban J connectivity index is 1.74. The molecule has 1 heterocycles. The molecule has 0 bridgehead atoms. The summed E-state index contributed by atoms with van der Waals surface area (Å²) in [5.41, 5.74) is 2.17. The molecule has 5 nitrogen and oxygen atoms in total. The van der Waals surface area contributed by atoms with Crippen molar-refractivity contribution in [1.82, 2.24) is 0 Å². The molecular formula is C20H23NO4. The van der Waals surface area contributed by atoms with Gasteiger partial charge in [-0.05, 0) is 49.6 Å². The van der Waals surface area contributed by atoms with E-state index in [4.69, 9.17) is 14.2 Å². The molecule has 1 aliphatic rings. The van der Waals surface area contributed by atoms with E-state index in [-0.39, 0.29) is 12.0 Å². The molecule has 1 N–H and O–H groups in total. The summed E-state index contributed by atoms with van der Waals surface area (Å²) in [4.78, 5) is 12.7. The molecular weight excluding hydrogens is 318 g/mol. The highest BCUT2D eigenvalue weighted by atomic mass is 16.5. The molecule has 1 amide bonds. The molecule has 1 fully saturated rings. The van der Waals surface area contributed by atoms with E-state index >= 15 is 0 Å². The average Bonchev–Trinajstić information content (AvgIpc) is 3.14. The number of carbonyl (C=O) groups is 1. The smallest absolute Gasteiger partial charge is 0.259 e. The number of methoxy groups -OCH3 is 1. The van der Waals surface area contributed by atoms with Crippen molar-refractivity contribution in [3.8, 4) is 11.5 Å². The first-order chi connectivity index (χ1) is 12.2. The van der Waals surface area contributed by atoms with Gasteiger partial charge in [-0.25, -0.2) is 0 Å². The second kappa shape index (κ2) is 8.03. The first-order valence-electron chi connectivity index (χ1n) is 8.47. The van der Waals surface area contributed by atoms with Crippen LogP contribution in [-0.4, -0.2) is 32.3 Å². The third kappa shape index (κ3) is 4.31. The van der Waals surface area contributed by atoms with Gasteiger partial charge in [0, 0.05) is 6.61 Å². The number of hydrogen-bond donors (Lipinski definition) is 1. The molecule has 1 aliphatic heterocycles. The predicted molar refractivity (Wildman–Crippen MR) is 96.6 cm³/mol. The SMILES string of the molecule is COc1ccc(C)cc1NC(=O)c1ccccc1OCC1CCCO1. The molecule has 5 heteroatoms. The zero-order valence-corrected chi connectivity index (χ0v) is 14.6. The maximum absolute atomic E-state index is 12.7. The van der Waals surface area contributed by atoms with E-state index in [9.17, 15) is 4.79 Å². The number of anilines is 1. The highest BCUT2D eigenvalue weighted by Gasteiger charge is 2.19. The largest absolute Gasteiger partial charge is 0.495 e. The Kier molecular flexibility index (Phi) is 5.56. The van der Waals surface area contributed by atoms with Gasteiger partial charge in [-0.2, -0.15) is 0 Å². The van der Waals surface area contributed by atoms with Crippen molar-refractivity contribution in [2.45, 2.75) is 25.9 Å². The maximum Gasteiger partial charge on any atom is 0.259 e. The van der Waals surface area contributed by atoms with Crippen LogP contribution in [0.2, 0.25) is 0 Å².